The Balaban J connectivity index is 2.60. The van der Waals surface area contributed by atoms with E-state index < -0.39 is 0 Å². The Morgan fingerprint density at radius 3 is 2.19 bits per heavy atom. The highest BCUT2D eigenvalue weighted by Crippen LogP contribution is 2.26. The third kappa shape index (κ3) is 1.76. The topological polar surface area (TPSA) is 17.1 Å². The molecule has 0 N–H and O–H groups in total. The quantitative estimate of drug-likeness (QED) is 0.689. The summed E-state index contributed by atoms with van der Waals surface area (Å²) in [5.74, 6) is 0. The van der Waals surface area contributed by atoms with Gasteiger partial charge in [-0.1, -0.05) is 42.5 Å². The van der Waals surface area contributed by atoms with Gasteiger partial charge in [0, 0.05) is 5.56 Å². The molecule has 2 aromatic carbocycles. The highest BCUT2D eigenvalue weighted by molar-refractivity contribution is 5.81. The van der Waals surface area contributed by atoms with Gasteiger partial charge in [0.1, 0.15) is 6.29 Å². The van der Waals surface area contributed by atoms with E-state index in [1.807, 2.05) is 37.3 Å². The Bertz CT molecular complexity index is 512. The van der Waals surface area contributed by atoms with Crippen molar-refractivity contribution < 1.29 is 4.79 Å². The maximum absolute atomic E-state index is 10.8. The van der Waals surface area contributed by atoms with Gasteiger partial charge < -0.3 is 0 Å². The van der Waals surface area contributed by atoms with Crippen molar-refractivity contribution in [1.29, 1.82) is 0 Å². The van der Waals surface area contributed by atoms with Gasteiger partial charge in [-0.25, -0.2) is 0 Å². The first-order valence-corrected chi connectivity index (χ1v) is 5.35. The molecule has 0 aromatic heterocycles. The SMILES string of the molecule is Cc1c(C=O)ccc(-c2ccccc2)c1C. The van der Waals surface area contributed by atoms with Gasteiger partial charge in [0.2, 0.25) is 0 Å². The average Bonchev–Trinajstić information content (AvgIpc) is 2.34. The Hall–Kier alpha value is -1.89. The third-order valence-corrected chi connectivity index (χ3v) is 3.04. The van der Waals surface area contributed by atoms with E-state index in [0.717, 1.165) is 17.4 Å². The minimum Gasteiger partial charge on any atom is -0.298 e. The molecule has 2 aromatic rings. The predicted molar refractivity (Wildman–Crippen MR) is 66.7 cm³/mol. The van der Waals surface area contributed by atoms with Crippen molar-refractivity contribution in [2.75, 3.05) is 0 Å². The zero-order chi connectivity index (χ0) is 11.5. The number of hydrogen-bond acceptors (Lipinski definition) is 1. The fraction of sp³-hybridized carbons (Fsp3) is 0.133. The van der Waals surface area contributed by atoms with Crippen LogP contribution in [-0.2, 0) is 0 Å². The normalized spacial score (nSPS) is 10.1. The molecule has 2 rings (SSSR count). The van der Waals surface area contributed by atoms with Crippen LogP contribution < -0.4 is 0 Å². The summed E-state index contributed by atoms with van der Waals surface area (Å²) in [6.07, 6.45) is 0.914. The van der Waals surface area contributed by atoms with Gasteiger partial charge in [0.25, 0.3) is 0 Å². The smallest absolute Gasteiger partial charge is 0.150 e. The highest BCUT2D eigenvalue weighted by Gasteiger charge is 2.06. The zero-order valence-corrected chi connectivity index (χ0v) is 9.53. The van der Waals surface area contributed by atoms with E-state index in [1.54, 1.807) is 0 Å². The summed E-state index contributed by atoms with van der Waals surface area (Å²) in [5.41, 5.74) is 5.41. The highest BCUT2D eigenvalue weighted by atomic mass is 16.1. The Morgan fingerprint density at radius 2 is 1.56 bits per heavy atom. The van der Waals surface area contributed by atoms with Crippen molar-refractivity contribution in [2.45, 2.75) is 13.8 Å². The van der Waals surface area contributed by atoms with Crippen LogP contribution in [0.4, 0.5) is 0 Å². The molecule has 0 atom stereocenters. The van der Waals surface area contributed by atoms with Crippen molar-refractivity contribution in [3.63, 3.8) is 0 Å². The Labute approximate surface area is 95.7 Å². The van der Waals surface area contributed by atoms with Crippen molar-refractivity contribution in [2.24, 2.45) is 0 Å². The number of rotatable bonds is 2. The van der Waals surface area contributed by atoms with Gasteiger partial charge in [-0.3, -0.25) is 4.79 Å². The molecule has 1 nitrogen and oxygen atoms in total. The van der Waals surface area contributed by atoms with E-state index in [1.165, 1.54) is 16.7 Å². The van der Waals surface area contributed by atoms with Gasteiger partial charge in [-0.05, 0) is 36.1 Å². The van der Waals surface area contributed by atoms with Crippen LogP contribution in [0.25, 0.3) is 11.1 Å². The third-order valence-electron chi connectivity index (χ3n) is 3.04. The van der Waals surface area contributed by atoms with Crippen LogP contribution >= 0.6 is 0 Å². The van der Waals surface area contributed by atoms with E-state index in [9.17, 15) is 4.79 Å². The molecule has 0 saturated carbocycles. The number of benzene rings is 2. The lowest BCUT2D eigenvalue weighted by Crippen LogP contribution is -1.93. The lowest BCUT2D eigenvalue weighted by molar-refractivity contribution is 0.112. The molecule has 0 spiro atoms. The van der Waals surface area contributed by atoms with Crippen molar-refractivity contribution in [3.8, 4) is 11.1 Å². The number of hydrogen-bond donors (Lipinski definition) is 0. The molecule has 80 valence electrons. The molecule has 0 aliphatic carbocycles. The molecule has 0 aliphatic heterocycles. The summed E-state index contributed by atoms with van der Waals surface area (Å²) in [7, 11) is 0. The molecule has 0 heterocycles. The minimum absolute atomic E-state index is 0.775. The molecule has 0 fully saturated rings. The second-order valence-electron chi connectivity index (χ2n) is 3.94. The lowest BCUT2D eigenvalue weighted by atomic mass is 9.94. The molecule has 0 aliphatic rings. The van der Waals surface area contributed by atoms with Crippen LogP contribution in [0, 0.1) is 13.8 Å². The number of aldehydes is 1. The van der Waals surface area contributed by atoms with E-state index in [-0.39, 0.29) is 0 Å². The Kier molecular flexibility index (Phi) is 2.86. The predicted octanol–water partition coefficient (Wildman–Crippen LogP) is 3.78. The monoisotopic (exact) mass is 210 g/mol. The van der Waals surface area contributed by atoms with Gasteiger partial charge in [0.05, 0.1) is 0 Å². The van der Waals surface area contributed by atoms with Gasteiger partial charge in [-0.2, -0.15) is 0 Å². The van der Waals surface area contributed by atoms with Crippen LogP contribution in [0.2, 0.25) is 0 Å². The molecule has 0 unspecified atom stereocenters. The van der Waals surface area contributed by atoms with Crippen molar-refractivity contribution >= 4 is 6.29 Å². The first-order chi connectivity index (χ1) is 7.74. The summed E-state index contributed by atoms with van der Waals surface area (Å²) < 4.78 is 0. The summed E-state index contributed by atoms with van der Waals surface area (Å²) in [5, 5.41) is 0. The average molecular weight is 210 g/mol. The van der Waals surface area contributed by atoms with Crippen molar-refractivity contribution in [3.05, 3.63) is 59.2 Å². The van der Waals surface area contributed by atoms with Crippen molar-refractivity contribution in [1.82, 2.24) is 0 Å². The van der Waals surface area contributed by atoms with E-state index in [4.69, 9.17) is 0 Å². The molecular weight excluding hydrogens is 196 g/mol. The van der Waals surface area contributed by atoms with Crippen LogP contribution in [0.3, 0.4) is 0 Å². The maximum Gasteiger partial charge on any atom is 0.150 e. The van der Waals surface area contributed by atoms with Crippen LogP contribution in [0.1, 0.15) is 21.5 Å². The molecule has 0 radical (unpaired) electrons. The van der Waals surface area contributed by atoms with E-state index >= 15 is 0 Å². The molecule has 1 heteroatoms. The van der Waals surface area contributed by atoms with Crippen LogP contribution in [0.5, 0.6) is 0 Å². The first-order valence-electron chi connectivity index (χ1n) is 5.35. The molecule has 0 bridgehead atoms. The molecule has 0 amide bonds. The first kappa shape index (κ1) is 10.6. The summed E-state index contributed by atoms with van der Waals surface area (Å²) >= 11 is 0. The second kappa shape index (κ2) is 4.31. The molecule has 16 heavy (non-hydrogen) atoms. The number of carbonyl (C=O) groups excluding carboxylic acids is 1. The standard InChI is InChI=1S/C15H14O/c1-11-12(2)15(9-8-14(11)10-16)13-6-4-3-5-7-13/h3-10H,1-2H3. The number of carbonyl (C=O) groups is 1. The Morgan fingerprint density at radius 1 is 0.875 bits per heavy atom. The summed E-state index contributed by atoms with van der Waals surface area (Å²) in [6.45, 7) is 4.05. The van der Waals surface area contributed by atoms with Crippen LogP contribution in [-0.4, -0.2) is 6.29 Å². The summed E-state index contributed by atoms with van der Waals surface area (Å²) in [4.78, 5) is 10.8. The second-order valence-corrected chi connectivity index (χ2v) is 3.94. The van der Waals surface area contributed by atoms with Gasteiger partial charge >= 0.3 is 0 Å². The van der Waals surface area contributed by atoms with Crippen LogP contribution in [0.15, 0.2) is 42.5 Å². The largest absolute Gasteiger partial charge is 0.298 e. The molecule has 0 saturated heterocycles. The van der Waals surface area contributed by atoms with Gasteiger partial charge in [0.15, 0.2) is 0 Å². The van der Waals surface area contributed by atoms with Gasteiger partial charge in [-0.15, -0.1) is 0 Å². The van der Waals surface area contributed by atoms with E-state index in [0.29, 0.717) is 0 Å². The zero-order valence-electron chi connectivity index (χ0n) is 9.53. The maximum atomic E-state index is 10.8. The summed E-state index contributed by atoms with van der Waals surface area (Å²) in [6, 6.07) is 14.1. The fourth-order valence-corrected chi connectivity index (χ4v) is 1.90. The molecular formula is C15H14O. The minimum atomic E-state index is 0.775. The lowest BCUT2D eigenvalue weighted by Gasteiger charge is -2.10. The van der Waals surface area contributed by atoms with E-state index in [2.05, 4.69) is 19.1 Å². The fourth-order valence-electron chi connectivity index (χ4n) is 1.90.